The van der Waals surface area contributed by atoms with Gasteiger partial charge in [0.2, 0.25) is 0 Å². The Labute approximate surface area is 116 Å². The van der Waals surface area contributed by atoms with Crippen LogP contribution in [0.2, 0.25) is 0 Å². The molecule has 19 heavy (non-hydrogen) atoms. The van der Waals surface area contributed by atoms with Gasteiger partial charge in [-0.05, 0) is 73.8 Å². The number of halogens is 4. The van der Waals surface area contributed by atoms with E-state index in [4.69, 9.17) is 10.7 Å². The van der Waals surface area contributed by atoms with Crippen molar-refractivity contribution in [2.24, 2.45) is 5.92 Å². The maximum Gasteiger partial charge on any atom is 0.445 e. The summed E-state index contributed by atoms with van der Waals surface area (Å²) in [6, 6.07) is 5.05. The lowest BCUT2D eigenvalue weighted by Crippen LogP contribution is -2.23. The van der Waals surface area contributed by atoms with Crippen LogP contribution in [0.3, 0.4) is 0 Å². The van der Waals surface area contributed by atoms with Crippen LogP contribution in [0.5, 0.6) is 0 Å². The zero-order valence-corrected chi connectivity index (χ0v) is 12.0. The Morgan fingerprint density at radius 2 is 1.95 bits per heavy atom. The summed E-state index contributed by atoms with van der Waals surface area (Å²) in [4.78, 5) is 0.709. The van der Waals surface area contributed by atoms with Crippen LogP contribution in [0, 0.1) is 12.8 Å². The molecule has 0 spiro atoms. The van der Waals surface area contributed by atoms with Crippen LogP contribution >= 0.6 is 19.9 Å². The van der Waals surface area contributed by atoms with Crippen molar-refractivity contribution in [3.05, 3.63) is 34.2 Å². The van der Waals surface area contributed by atoms with Gasteiger partial charge in [-0.25, -0.2) is 0 Å². The Hall–Kier alpha value is -0.610. The number of fused-ring (bicyclic) bond motifs is 1. The fraction of sp³-hybridized carbons (Fsp3) is 0.429. The summed E-state index contributed by atoms with van der Waals surface area (Å²) in [7, 11) is 2.84. The molecule has 1 aliphatic heterocycles. The second-order valence-electron chi connectivity index (χ2n) is 5.14. The van der Waals surface area contributed by atoms with Gasteiger partial charge in [0, 0.05) is 4.90 Å². The van der Waals surface area contributed by atoms with Crippen LogP contribution in [0.4, 0.5) is 13.2 Å². The highest BCUT2D eigenvalue weighted by Gasteiger charge is 2.57. The molecule has 0 saturated heterocycles. The number of rotatable bonds is 1. The normalized spacial score (nSPS) is 30.3. The molecule has 1 fully saturated rings. The third-order valence-electron chi connectivity index (χ3n) is 4.03. The Kier molecular flexibility index (Phi) is 2.95. The van der Waals surface area contributed by atoms with Gasteiger partial charge in [0.05, 0.1) is 0 Å². The predicted molar refractivity (Wildman–Crippen MR) is 74.3 cm³/mol. The fourth-order valence-corrected chi connectivity index (χ4v) is 6.18. The molecular weight excluding hydrogens is 293 g/mol. The minimum Gasteiger partial charge on any atom is -0.160 e. The van der Waals surface area contributed by atoms with E-state index in [1.165, 1.54) is 0 Å². The SMILES string of the molecule is Cc1cccc2c1C=C(C1CCC1)S2(Cl)C(F)(F)F. The van der Waals surface area contributed by atoms with E-state index in [0.29, 0.717) is 10.5 Å². The maximum atomic E-state index is 13.6. The summed E-state index contributed by atoms with van der Waals surface area (Å²) in [5.74, 6) is 0.0147. The molecule has 1 aromatic carbocycles. The number of hydrogen-bond donors (Lipinski definition) is 0. The average molecular weight is 307 g/mol. The molecule has 0 N–H and O–H groups in total. The van der Waals surface area contributed by atoms with Gasteiger partial charge in [-0.3, -0.25) is 0 Å². The van der Waals surface area contributed by atoms with Crippen LogP contribution in [-0.2, 0) is 0 Å². The van der Waals surface area contributed by atoms with Crippen molar-refractivity contribution in [2.75, 3.05) is 0 Å². The van der Waals surface area contributed by atoms with E-state index in [1.54, 1.807) is 18.2 Å². The van der Waals surface area contributed by atoms with Crippen molar-refractivity contribution >= 4 is 26.0 Å². The molecule has 104 valence electrons. The summed E-state index contributed by atoms with van der Waals surface area (Å²) in [5.41, 5.74) is -2.82. The molecular formula is C14H14ClF3S. The minimum atomic E-state index is -4.38. The Morgan fingerprint density at radius 1 is 1.26 bits per heavy atom. The van der Waals surface area contributed by atoms with Crippen LogP contribution in [-0.4, -0.2) is 5.51 Å². The van der Waals surface area contributed by atoms with E-state index in [9.17, 15) is 13.2 Å². The first-order chi connectivity index (χ1) is 8.85. The summed E-state index contributed by atoms with van der Waals surface area (Å²) in [6.07, 6.45) is 4.37. The highest BCUT2D eigenvalue weighted by Crippen LogP contribution is 2.81. The highest BCUT2D eigenvalue weighted by atomic mass is 35.7. The third-order valence-corrected chi connectivity index (χ3v) is 8.28. The van der Waals surface area contributed by atoms with Crippen molar-refractivity contribution in [3.8, 4) is 0 Å². The van der Waals surface area contributed by atoms with Crippen LogP contribution < -0.4 is 0 Å². The number of hydrogen-bond acceptors (Lipinski definition) is 0. The molecule has 0 aromatic heterocycles. The van der Waals surface area contributed by atoms with Gasteiger partial charge >= 0.3 is 5.51 Å². The predicted octanol–water partition coefficient (Wildman–Crippen LogP) is 5.99. The van der Waals surface area contributed by atoms with Crippen molar-refractivity contribution < 1.29 is 13.2 Å². The highest BCUT2D eigenvalue weighted by molar-refractivity contribution is 8.54. The van der Waals surface area contributed by atoms with E-state index in [0.717, 1.165) is 24.8 Å². The van der Waals surface area contributed by atoms with E-state index in [1.807, 2.05) is 13.0 Å². The van der Waals surface area contributed by atoms with Gasteiger partial charge in [-0.15, -0.1) is 0 Å². The lowest BCUT2D eigenvalue weighted by Gasteiger charge is -2.40. The largest absolute Gasteiger partial charge is 0.445 e. The zero-order valence-electron chi connectivity index (χ0n) is 10.4. The molecule has 1 heterocycles. The second kappa shape index (κ2) is 4.19. The Bertz CT molecular complexity index is 560. The molecule has 1 saturated carbocycles. The molecule has 1 aromatic rings. The first-order valence-corrected chi connectivity index (χ1v) is 8.72. The second-order valence-corrected chi connectivity index (χ2v) is 8.98. The van der Waals surface area contributed by atoms with E-state index in [2.05, 4.69) is 0 Å². The molecule has 0 nitrogen and oxygen atoms in total. The summed E-state index contributed by atoms with van der Waals surface area (Å²) in [5, 5.41) is 0. The van der Waals surface area contributed by atoms with Gasteiger partial charge in [0.1, 0.15) is 0 Å². The van der Waals surface area contributed by atoms with Crippen molar-refractivity contribution in [1.82, 2.24) is 0 Å². The molecule has 2 aliphatic rings. The molecule has 0 radical (unpaired) electrons. The summed E-state index contributed by atoms with van der Waals surface area (Å²) >= 11 is 0. The summed E-state index contributed by atoms with van der Waals surface area (Å²) in [6.45, 7) is 1.84. The van der Waals surface area contributed by atoms with Gasteiger partial charge in [0.25, 0.3) is 0 Å². The Balaban J connectivity index is 2.20. The van der Waals surface area contributed by atoms with Crippen molar-refractivity contribution in [3.63, 3.8) is 0 Å². The average Bonchev–Trinajstić information content (AvgIpc) is 2.53. The topological polar surface area (TPSA) is 0 Å². The van der Waals surface area contributed by atoms with E-state index >= 15 is 0 Å². The minimum absolute atomic E-state index is 0.0147. The lowest BCUT2D eigenvalue weighted by molar-refractivity contribution is -0.0362. The number of alkyl halides is 3. The molecule has 0 amide bonds. The Morgan fingerprint density at radius 3 is 2.47 bits per heavy atom. The monoisotopic (exact) mass is 306 g/mol. The first-order valence-electron chi connectivity index (χ1n) is 6.26. The van der Waals surface area contributed by atoms with E-state index in [-0.39, 0.29) is 10.8 Å². The third kappa shape index (κ3) is 1.76. The zero-order chi connectivity index (χ0) is 13.8. The van der Waals surface area contributed by atoms with Crippen molar-refractivity contribution in [2.45, 2.75) is 36.6 Å². The van der Waals surface area contributed by atoms with Gasteiger partial charge in [-0.2, -0.15) is 13.2 Å². The molecule has 1 unspecified atom stereocenters. The van der Waals surface area contributed by atoms with E-state index < -0.39 is 14.7 Å². The number of allylic oxidation sites excluding steroid dienone is 1. The number of aryl methyl sites for hydroxylation is 1. The summed E-state index contributed by atoms with van der Waals surface area (Å²) < 4.78 is 40.8. The fourth-order valence-electron chi connectivity index (χ4n) is 2.73. The maximum absolute atomic E-state index is 13.6. The molecule has 1 aliphatic carbocycles. The van der Waals surface area contributed by atoms with Crippen LogP contribution in [0.1, 0.15) is 30.4 Å². The first kappa shape index (κ1) is 13.4. The quantitative estimate of drug-likeness (QED) is 0.598. The number of benzene rings is 1. The van der Waals surface area contributed by atoms with Crippen LogP contribution in [0.15, 0.2) is 28.0 Å². The van der Waals surface area contributed by atoms with Gasteiger partial charge in [0.15, 0.2) is 0 Å². The smallest absolute Gasteiger partial charge is 0.160 e. The molecule has 0 bridgehead atoms. The van der Waals surface area contributed by atoms with Crippen LogP contribution in [0.25, 0.3) is 6.08 Å². The van der Waals surface area contributed by atoms with Crippen molar-refractivity contribution in [1.29, 1.82) is 0 Å². The standard InChI is InChI=1S/C14H14ClF3S/c1-9-4-2-7-12-11(9)8-13(10-5-3-6-10)19(12,15)14(16,17)18/h2,4,7-8,10H,3,5-6H2,1H3. The molecule has 1 atom stereocenters. The molecule has 3 rings (SSSR count). The lowest BCUT2D eigenvalue weighted by atomic mass is 9.84. The van der Waals surface area contributed by atoms with Gasteiger partial charge in [-0.1, -0.05) is 18.6 Å². The van der Waals surface area contributed by atoms with Gasteiger partial charge < -0.3 is 0 Å². The molecule has 5 heteroatoms.